The summed E-state index contributed by atoms with van der Waals surface area (Å²) >= 11 is 0. The average Bonchev–Trinajstić information content (AvgIpc) is 2.96. The second-order valence-corrected chi connectivity index (χ2v) is 7.20. The van der Waals surface area contributed by atoms with Gasteiger partial charge in [-0.2, -0.15) is 0 Å². The molecule has 0 aliphatic carbocycles. The molecule has 1 aliphatic rings. The molecule has 1 aliphatic heterocycles. The van der Waals surface area contributed by atoms with Gasteiger partial charge in [-0.3, -0.25) is 14.5 Å². The summed E-state index contributed by atoms with van der Waals surface area (Å²) in [5.74, 6) is -0.351. The molecule has 0 fully saturated rings. The zero-order chi connectivity index (χ0) is 20.1. The maximum Gasteiger partial charge on any atom is 0.277 e. The summed E-state index contributed by atoms with van der Waals surface area (Å²) in [6.45, 7) is 7.82. The molecule has 4 nitrogen and oxygen atoms in total. The molecule has 0 N–H and O–H groups in total. The quantitative estimate of drug-likeness (QED) is 0.641. The number of benzene rings is 2. The number of hydrogen-bond acceptors (Lipinski definition) is 3. The van der Waals surface area contributed by atoms with E-state index in [4.69, 9.17) is 0 Å². The standard InChI is InChI=1S/C24H28N2O2/c1-4-6-16-26-23(27)21(20-14-12-18(3)13-15-20)22(24(26)28)25(5-2)17-19-10-8-7-9-11-19/h7-15H,4-6,16-17H2,1-3H3. The van der Waals surface area contributed by atoms with Gasteiger partial charge in [0.2, 0.25) is 0 Å². The van der Waals surface area contributed by atoms with E-state index in [2.05, 4.69) is 6.92 Å². The van der Waals surface area contributed by atoms with E-state index in [1.165, 1.54) is 4.90 Å². The zero-order valence-corrected chi connectivity index (χ0v) is 16.9. The van der Waals surface area contributed by atoms with Crippen LogP contribution in [-0.2, 0) is 16.1 Å². The molecule has 0 saturated heterocycles. The molecular formula is C24H28N2O2. The fourth-order valence-corrected chi connectivity index (χ4v) is 3.51. The van der Waals surface area contributed by atoms with Crippen LogP contribution in [0.2, 0.25) is 0 Å². The largest absolute Gasteiger partial charge is 0.362 e. The van der Waals surface area contributed by atoms with Crippen LogP contribution in [0, 0.1) is 6.92 Å². The normalized spacial score (nSPS) is 14.2. The van der Waals surface area contributed by atoms with Crippen molar-refractivity contribution >= 4 is 17.4 Å². The number of rotatable bonds is 8. The first-order chi connectivity index (χ1) is 13.6. The SMILES string of the molecule is CCCCN1C(=O)C(c2ccc(C)cc2)=C(N(CC)Cc2ccccc2)C1=O. The van der Waals surface area contributed by atoms with Crippen LogP contribution >= 0.6 is 0 Å². The van der Waals surface area contributed by atoms with Gasteiger partial charge in [0.15, 0.2) is 0 Å². The van der Waals surface area contributed by atoms with Crippen molar-refractivity contribution in [1.29, 1.82) is 0 Å². The van der Waals surface area contributed by atoms with Crippen LogP contribution in [0.1, 0.15) is 43.4 Å². The van der Waals surface area contributed by atoms with Crippen molar-refractivity contribution < 1.29 is 9.59 Å². The molecule has 1 heterocycles. The number of imide groups is 1. The van der Waals surface area contributed by atoms with Crippen LogP contribution in [0.15, 0.2) is 60.3 Å². The highest BCUT2D eigenvalue weighted by Gasteiger charge is 2.40. The number of carbonyl (C=O) groups excluding carboxylic acids is 2. The minimum atomic E-state index is -0.177. The van der Waals surface area contributed by atoms with Gasteiger partial charge in [-0.25, -0.2) is 0 Å². The fraction of sp³-hybridized carbons (Fsp3) is 0.333. The molecule has 0 aromatic heterocycles. The summed E-state index contributed by atoms with van der Waals surface area (Å²) in [6.07, 6.45) is 1.75. The van der Waals surface area contributed by atoms with Crippen molar-refractivity contribution in [1.82, 2.24) is 9.80 Å². The second kappa shape index (κ2) is 8.87. The molecule has 2 amide bonds. The Labute approximate surface area is 167 Å². The van der Waals surface area contributed by atoms with E-state index in [0.717, 1.165) is 29.5 Å². The van der Waals surface area contributed by atoms with Gasteiger partial charge in [0.05, 0.1) is 5.57 Å². The molecule has 146 valence electrons. The van der Waals surface area contributed by atoms with Crippen molar-refractivity contribution in [2.45, 2.75) is 40.2 Å². The number of aryl methyl sites for hydroxylation is 1. The van der Waals surface area contributed by atoms with Crippen LogP contribution < -0.4 is 0 Å². The Kier molecular flexibility index (Phi) is 6.30. The van der Waals surface area contributed by atoms with Crippen molar-refractivity contribution in [3.8, 4) is 0 Å². The molecule has 2 aromatic carbocycles. The van der Waals surface area contributed by atoms with Gasteiger partial charge in [-0.05, 0) is 31.4 Å². The van der Waals surface area contributed by atoms with Gasteiger partial charge < -0.3 is 4.90 Å². The Balaban J connectivity index is 2.04. The zero-order valence-electron chi connectivity index (χ0n) is 16.9. The number of hydrogen-bond donors (Lipinski definition) is 0. The smallest absolute Gasteiger partial charge is 0.277 e. The van der Waals surface area contributed by atoms with Crippen LogP contribution in [0.5, 0.6) is 0 Å². The molecule has 0 unspecified atom stereocenters. The van der Waals surface area contributed by atoms with Crippen molar-refractivity contribution in [2.24, 2.45) is 0 Å². The maximum atomic E-state index is 13.3. The lowest BCUT2D eigenvalue weighted by molar-refractivity contribution is -0.137. The minimum absolute atomic E-state index is 0.174. The summed E-state index contributed by atoms with van der Waals surface area (Å²) < 4.78 is 0. The predicted octanol–water partition coefficient (Wildman–Crippen LogP) is 4.40. The molecule has 0 atom stereocenters. The van der Waals surface area contributed by atoms with Gasteiger partial charge in [0.1, 0.15) is 5.70 Å². The predicted molar refractivity (Wildman–Crippen MR) is 112 cm³/mol. The average molecular weight is 377 g/mol. The van der Waals surface area contributed by atoms with Crippen LogP contribution in [0.3, 0.4) is 0 Å². The third kappa shape index (κ3) is 4.01. The van der Waals surface area contributed by atoms with Crippen LogP contribution in [0.4, 0.5) is 0 Å². The Hall–Kier alpha value is -2.88. The molecule has 2 aromatic rings. The molecule has 0 radical (unpaired) electrons. The minimum Gasteiger partial charge on any atom is -0.362 e. The summed E-state index contributed by atoms with van der Waals surface area (Å²) in [5, 5.41) is 0. The van der Waals surface area contributed by atoms with Gasteiger partial charge in [-0.15, -0.1) is 0 Å². The molecule has 3 rings (SSSR count). The summed E-state index contributed by atoms with van der Waals surface area (Å²) in [5.41, 5.74) is 4.11. The number of unbranched alkanes of at least 4 members (excludes halogenated alkanes) is 1. The van der Waals surface area contributed by atoms with Crippen LogP contribution in [-0.4, -0.2) is 34.7 Å². The van der Waals surface area contributed by atoms with E-state index in [1.807, 2.05) is 73.3 Å². The Morgan fingerprint density at radius 2 is 1.57 bits per heavy atom. The molecule has 0 bridgehead atoms. The van der Waals surface area contributed by atoms with E-state index in [0.29, 0.717) is 30.9 Å². The monoisotopic (exact) mass is 376 g/mol. The van der Waals surface area contributed by atoms with Crippen molar-refractivity contribution in [2.75, 3.05) is 13.1 Å². The first-order valence-electron chi connectivity index (χ1n) is 10.0. The highest BCUT2D eigenvalue weighted by molar-refractivity contribution is 6.35. The van der Waals surface area contributed by atoms with Crippen molar-refractivity contribution in [3.63, 3.8) is 0 Å². The van der Waals surface area contributed by atoms with E-state index >= 15 is 0 Å². The van der Waals surface area contributed by atoms with E-state index in [9.17, 15) is 9.59 Å². The first-order valence-corrected chi connectivity index (χ1v) is 10.0. The molecular weight excluding hydrogens is 348 g/mol. The van der Waals surface area contributed by atoms with Gasteiger partial charge in [-0.1, -0.05) is 73.5 Å². The molecule has 0 spiro atoms. The van der Waals surface area contributed by atoms with Gasteiger partial charge >= 0.3 is 0 Å². The lowest BCUT2D eigenvalue weighted by Gasteiger charge is -2.25. The van der Waals surface area contributed by atoms with E-state index in [-0.39, 0.29) is 11.8 Å². The number of amides is 2. The second-order valence-electron chi connectivity index (χ2n) is 7.20. The van der Waals surface area contributed by atoms with Crippen LogP contribution in [0.25, 0.3) is 5.57 Å². The van der Waals surface area contributed by atoms with Crippen molar-refractivity contribution in [3.05, 3.63) is 77.0 Å². The van der Waals surface area contributed by atoms with E-state index in [1.54, 1.807) is 0 Å². The highest BCUT2D eigenvalue weighted by Crippen LogP contribution is 2.32. The summed E-state index contributed by atoms with van der Waals surface area (Å²) in [4.78, 5) is 29.9. The Morgan fingerprint density at radius 1 is 0.893 bits per heavy atom. The topological polar surface area (TPSA) is 40.6 Å². The lowest BCUT2D eigenvalue weighted by atomic mass is 10.0. The Bertz CT molecular complexity index is 869. The number of nitrogens with zero attached hydrogens (tertiary/aromatic N) is 2. The fourth-order valence-electron chi connectivity index (χ4n) is 3.51. The summed E-state index contributed by atoms with van der Waals surface area (Å²) in [6, 6.07) is 17.9. The van der Waals surface area contributed by atoms with E-state index < -0.39 is 0 Å². The lowest BCUT2D eigenvalue weighted by Crippen LogP contribution is -2.35. The maximum absolute atomic E-state index is 13.3. The van der Waals surface area contributed by atoms with Gasteiger partial charge in [0.25, 0.3) is 11.8 Å². The first kappa shape index (κ1) is 19.9. The highest BCUT2D eigenvalue weighted by atomic mass is 16.2. The molecule has 4 heteroatoms. The molecule has 28 heavy (non-hydrogen) atoms. The number of carbonyl (C=O) groups is 2. The third-order valence-corrected chi connectivity index (χ3v) is 5.13. The Morgan fingerprint density at radius 3 is 2.18 bits per heavy atom. The van der Waals surface area contributed by atoms with Gasteiger partial charge in [0, 0.05) is 19.6 Å². The number of likely N-dealkylation sites (N-methyl/N-ethyl adjacent to an activating group) is 1. The summed E-state index contributed by atoms with van der Waals surface area (Å²) in [7, 11) is 0. The molecule has 0 saturated carbocycles. The third-order valence-electron chi connectivity index (χ3n) is 5.13.